The van der Waals surface area contributed by atoms with Gasteiger partial charge in [0.2, 0.25) is 6.54 Å². The fourth-order valence-electron chi connectivity index (χ4n) is 3.78. The molecule has 0 aliphatic carbocycles. The normalized spacial score (nSPS) is 13.1. The molecule has 0 aliphatic heterocycles. The minimum absolute atomic E-state index is 0.257. The third-order valence-corrected chi connectivity index (χ3v) is 5.26. The molecule has 0 bridgehead atoms. The van der Waals surface area contributed by atoms with Gasteiger partial charge in [0.25, 0.3) is 0 Å². The SMILES string of the molecule is CCCCCCOC(=O)[C@@](C[N+](=O)[O-])(c1ccccc1)c1c[nH]c2ccccc12. The Bertz CT molecular complexity index is 967. The summed E-state index contributed by atoms with van der Waals surface area (Å²) in [7, 11) is 0. The molecule has 29 heavy (non-hydrogen) atoms. The number of hydrogen-bond acceptors (Lipinski definition) is 4. The monoisotopic (exact) mass is 394 g/mol. The van der Waals surface area contributed by atoms with Crippen LogP contribution in [0.5, 0.6) is 0 Å². The lowest BCUT2D eigenvalue weighted by Crippen LogP contribution is -2.44. The number of para-hydroxylation sites is 1. The first-order chi connectivity index (χ1) is 14.1. The Morgan fingerprint density at radius 1 is 1.07 bits per heavy atom. The number of esters is 1. The number of aromatic nitrogens is 1. The van der Waals surface area contributed by atoms with Crippen LogP contribution in [0.4, 0.5) is 0 Å². The maximum Gasteiger partial charge on any atom is 0.328 e. The largest absolute Gasteiger partial charge is 0.465 e. The third kappa shape index (κ3) is 4.31. The molecule has 0 unspecified atom stereocenters. The van der Waals surface area contributed by atoms with Crippen LogP contribution in [0.25, 0.3) is 10.9 Å². The molecule has 0 radical (unpaired) electrons. The first kappa shape index (κ1) is 20.6. The topological polar surface area (TPSA) is 85.2 Å². The fraction of sp³-hybridized carbons (Fsp3) is 0.348. The Morgan fingerprint density at radius 3 is 2.52 bits per heavy atom. The standard InChI is InChI=1S/C23H26N2O4/c1-2-3-4-10-15-29-22(26)23(17-25(27)28,18-11-6-5-7-12-18)20-16-24-21-14-9-8-13-19(20)21/h5-9,11-14,16,24H,2-4,10,15,17H2,1H3/t23-/m0/s1. The lowest BCUT2D eigenvalue weighted by molar-refractivity contribution is -0.486. The molecule has 0 fully saturated rings. The van der Waals surface area contributed by atoms with Crippen LogP contribution < -0.4 is 0 Å². The van der Waals surface area contributed by atoms with Gasteiger partial charge in [-0.25, -0.2) is 0 Å². The number of fused-ring (bicyclic) bond motifs is 1. The number of aromatic amines is 1. The Morgan fingerprint density at radius 2 is 1.79 bits per heavy atom. The van der Waals surface area contributed by atoms with E-state index in [1.807, 2.05) is 30.3 Å². The van der Waals surface area contributed by atoms with E-state index < -0.39 is 22.9 Å². The van der Waals surface area contributed by atoms with Gasteiger partial charge in [0.1, 0.15) is 0 Å². The second-order valence-corrected chi connectivity index (χ2v) is 7.21. The fourth-order valence-corrected chi connectivity index (χ4v) is 3.78. The number of rotatable bonds is 10. The molecule has 3 aromatic rings. The molecule has 1 heterocycles. The van der Waals surface area contributed by atoms with Gasteiger partial charge < -0.3 is 9.72 Å². The van der Waals surface area contributed by atoms with Crippen molar-refractivity contribution in [3.05, 3.63) is 82.0 Å². The maximum absolute atomic E-state index is 13.4. The van der Waals surface area contributed by atoms with Crippen LogP contribution in [-0.4, -0.2) is 29.0 Å². The van der Waals surface area contributed by atoms with Crippen molar-refractivity contribution in [2.45, 2.75) is 38.0 Å². The van der Waals surface area contributed by atoms with Crippen LogP contribution in [0.1, 0.15) is 43.7 Å². The van der Waals surface area contributed by atoms with E-state index in [4.69, 9.17) is 4.74 Å². The Kier molecular flexibility index (Phi) is 6.65. The van der Waals surface area contributed by atoms with Crippen molar-refractivity contribution in [3.63, 3.8) is 0 Å². The van der Waals surface area contributed by atoms with Crippen LogP contribution >= 0.6 is 0 Å². The zero-order valence-corrected chi connectivity index (χ0v) is 16.6. The van der Waals surface area contributed by atoms with E-state index in [1.165, 1.54) is 0 Å². The summed E-state index contributed by atoms with van der Waals surface area (Å²) in [4.78, 5) is 27.9. The molecule has 1 atom stereocenters. The van der Waals surface area contributed by atoms with Crippen LogP contribution in [-0.2, 0) is 14.9 Å². The number of hydrogen-bond donors (Lipinski definition) is 1. The van der Waals surface area contributed by atoms with Crippen LogP contribution in [0, 0.1) is 10.1 Å². The van der Waals surface area contributed by atoms with Gasteiger partial charge in [-0.05, 0) is 18.1 Å². The van der Waals surface area contributed by atoms with E-state index in [1.54, 1.807) is 30.5 Å². The number of nitrogens with zero attached hydrogens (tertiary/aromatic N) is 1. The van der Waals surface area contributed by atoms with Gasteiger partial charge in [-0.3, -0.25) is 14.9 Å². The summed E-state index contributed by atoms with van der Waals surface area (Å²) >= 11 is 0. The summed E-state index contributed by atoms with van der Waals surface area (Å²) in [6, 6.07) is 16.4. The molecule has 0 saturated heterocycles. The number of carbonyl (C=O) groups excluding carboxylic acids is 1. The van der Waals surface area contributed by atoms with Crippen LogP contribution in [0.3, 0.4) is 0 Å². The highest BCUT2D eigenvalue weighted by atomic mass is 16.6. The van der Waals surface area contributed by atoms with E-state index in [0.717, 1.165) is 36.6 Å². The van der Waals surface area contributed by atoms with Gasteiger partial charge in [0.05, 0.1) is 6.61 Å². The van der Waals surface area contributed by atoms with E-state index in [-0.39, 0.29) is 6.61 Å². The first-order valence-electron chi connectivity index (χ1n) is 10.0. The molecule has 0 spiro atoms. The van der Waals surface area contributed by atoms with Crippen molar-refractivity contribution in [2.24, 2.45) is 0 Å². The van der Waals surface area contributed by atoms with Crippen LogP contribution in [0.15, 0.2) is 60.8 Å². The smallest absolute Gasteiger partial charge is 0.328 e. The van der Waals surface area contributed by atoms with E-state index >= 15 is 0 Å². The predicted molar refractivity (Wildman–Crippen MR) is 112 cm³/mol. The van der Waals surface area contributed by atoms with Crippen molar-refractivity contribution in [1.29, 1.82) is 0 Å². The number of H-pyrrole nitrogens is 1. The van der Waals surface area contributed by atoms with E-state index in [0.29, 0.717) is 11.1 Å². The summed E-state index contributed by atoms with van der Waals surface area (Å²) in [5.74, 6) is -0.582. The number of unbranched alkanes of at least 4 members (excludes halogenated alkanes) is 3. The number of carbonyl (C=O) groups is 1. The highest BCUT2D eigenvalue weighted by molar-refractivity contribution is 5.95. The quantitative estimate of drug-likeness (QED) is 0.230. The zero-order chi connectivity index (χ0) is 20.7. The van der Waals surface area contributed by atoms with Gasteiger partial charge in [0, 0.05) is 27.6 Å². The van der Waals surface area contributed by atoms with Crippen molar-refractivity contribution in [3.8, 4) is 0 Å². The molecular formula is C23H26N2O4. The van der Waals surface area contributed by atoms with Gasteiger partial charge in [-0.1, -0.05) is 74.7 Å². The molecule has 3 rings (SSSR count). The first-order valence-corrected chi connectivity index (χ1v) is 10.0. The number of nitrogens with one attached hydrogen (secondary N) is 1. The molecule has 6 nitrogen and oxygen atoms in total. The summed E-state index contributed by atoms with van der Waals surface area (Å²) in [5.41, 5.74) is 0.422. The molecule has 2 aromatic carbocycles. The lowest BCUT2D eigenvalue weighted by Gasteiger charge is -2.28. The summed E-state index contributed by atoms with van der Waals surface area (Å²) in [5, 5.41) is 12.5. The van der Waals surface area contributed by atoms with E-state index in [9.17, 15) is 14.9 Å². The minimum Gasteiger partial charge on any atom is -0.465 e. The highest BCUT2D eigenvalue weighted by Gasteiger charge is 2.50. The molecule has 6 heteroatoms. The molecule has 152 valence electrons. The summed E-state index contributed by atoms with van der Waals surface area (Å²) in [6.07, 6.45) is 5.55. The Labute approximate surface area is 170 Å². The van der Waals surface area contributed by atoms with Crippen molar-refractivity contribution >= 4 is 16.9 Å². The van der Waals surface area contributed by atoms with Gasteiger partial charge >= 0.3 is 5.97 Å². The molecular weight excluding hydrogens is 368 g/mol. The average Bonchev–Trinajstić information content (AvgIpc) is 3.16. The zero-order valence-electron chi connectivity index (χ0n) is 16.6. The highest BCUT2D eigenvalue weighted by Crippen LogP contribution is 2.38. The minimum atomic E-state index is -1.52. The second-order valence-electron chi connectivity index (χ2n) is 7.21. The predicted octanol–water partition coefficient (Wildman–Crippen LogP) is 4.85. The third-order valence-electron chi connectivity index (χ3n) is 5.26. The number of benzene rings is 2. The molecule has 1 N–H and O–H groups in total. The van der Waals surface area contributed by atoms with Gasteiger partial charge in [0.15, 0.2) is 5.41 Å². The lowest BCUT2D eigenvalue weighted by atomic mass is 9.74. The van der Waals surface area contributed by atoms with Gasteiger partial charge in [-0.15, -0.1) is 0 Å². The number of nitro groups is 1. The number of ether oxygens (including phenoxy) is 1. The van der Waals surface area contributed by atoms with Crippen molar-refractivity contribution in [2.75, 3.05) is 13.2 Å². The summed E-state index contributed by atoms with van der Waals surface area (Å²) in [6.45, 7) is 1.79. The van der Waals surface area contributed by atoms with Gasteiger partial charge in [-0.2, -0.15) is 0 Å². The molecule has 0 saturated carbocycles. The maximum atomic E-state index is 13.4. The molecule has 0 amide bonds. The molecule has 1 aromatic heterocycles. The molecule has 0 aliphatic rings. The Balaban J connectivity index is 2.08. The summed E-state index contributed by atoms with van der Waals surface area (Å²) < 4.78 is 5.62. The van der Waals surface area contributed by atoms with Crippen LogP contribution in [0.2, 0.25) is 0 Å². The second kappa shape index (κ2) is 9.37. The van der Waals surface area contributed by atoms with Crippen molar-refractivity contribution < 1.29 is 14.5 Å². The average molecular weight is 394 g/mol. The van der Waals surface area contributed by atoms with E-state index in [2.05, 4.69) is 11.9 Å². The van der Waals surface area contributed by atoms with Crippen molar-refractivity contribution in [1.82, 2.24) is 4.98 Å². The Hall–Kier alpha value is -3.15.